The van der Waals surface area contributed by atoms with E-state index in [1.807, 2.05) is 6.07 Å². The number of aryl methyl sites for hydroxylation is 1. The Kier molecular flexibility index (Phi) is 3.22. The minimum absolute atomic E-state index is 0.0780. The number of halogens is 2. The second-order valence-electron chi connectivity index (χ2n) is 3.93. The summed E-state index contributed by atoms with van der Waals surface area (Å²) in [6.45, 7) is 2.06. The van der Waals surface area contributed by atoms with Crippen LogP contribution in [0, 0.1) is 11.6 Å². The average molecular weight is 236 g/mol. The minimum Gasteiger partial charge on any atom is -0.373 e. The number of nitrogens with one attached hydrogen (secondary N) is 1. The van der Waals surface area contributed by atoms with Crippen molar-refractivity contribution < 1.29 is 8.78 Å². The van der Waals surface area contributed by atoms with Crippen LogP contribution in [0.25, 0.3) is 10.9 Å². The molecular weight excluding hydrogens is 222 g/mol. The molecule has 1 aromatic carbocycles. The highest BCUT2D eigenvalue weighted by molar-refractivity contribution is 5.82. The Bertz CT molecular complexity index is 553. The summed E-state index contributed by atoms with van der Waals surface area (Å²) < 4.78 is 26.7. The highest BCUT2D eigenvalue weighted by atomic mass is 19.2. The van der Waals surface area contributed by atoms with Gasteiger partial charge in [-0.05, 0) is 30.2 Å². The van der Waals surface area contributed by atoms with Crippen LogP contribution in [0.4, 0.5) is 14.6 Å². The number of benzene rings is 1. The standard InChI is InChI=1S/C13H14F2N2/c1-3-4-9-7-8-5-6-10(14)11(15)12(8)17-13(9)16-2/h5-7H,3-4H2,1-2H3,(H,16,17). The third-order valence-electron chi connectivity index (χ3n) is 2.71. The molecular formula is C13H14F2N2. The zero-order chi connectivity index (χ0) is 12.4. The summed E-state index contributed by atoms with van der Waals surface area (Å²) in [6, 6.07) is 4.55. The van der Waals surface area contributed by atoms with Crippen molar-refractivity contribution in [2.24, 2.45) is 0 Å². The molecule has 0 radical (unpaired) electrons. The van der Waals surface area contributed by atoms with Crippen molar-refractivity contribution >= 4 is 16.7 Å². The first-order valence-electron chi connectivity index (χ1n) is 5.62. The Hall–Kier alpha value is -1.71. The molecule has 0 aliphatic rings. The Balaban J connectivity index is 2.69. The van der Waals surface area contributed by atoms with E-state index in [9.17, 15) is 8.78 Å². The lowest BCUT2D eigenvalue weighted by Crippen LogP contribution is -2.01. The molecule has 0 amide bonds. The van der Waals surface area contributed by atoms with Gasteiger partial charge in [0.2, 0.25) is 0 Å². The minimum atomic E-state index is -0.887. The molecule has 2 nitrogen and oxygen atoms in total. The fraction of sp³-hybridized carbons (Fsp3) is 0.308. The Morgan fingerprint density at radius 1 is 1.29 bits per heavy atom. The van der Waals surface area contributed by atoms with Crippen LogP contribution in [0.2, 0.25) is 0 Å². The highest BCUT2D eigenvalue weighted by Gasteiger charge is 2.11. The number of anilines is 1. The second-order valence-corrected chi connectivity index (χ2v) is 3.93. The van der Waals surface area contributed by atoms with Gasteiger partial charge >= 0.3 is 0 Å². The molecule has 0 aliphatic heterocycles. The predicted molar refractivity (Wildman–Crippen MR) is 65.2 cm³/mol. The smallest absolute Gasteiger partial charge is 0.185 e. The number of hydrogen-bond acceptors (Lipinski definition) is 2. The van der Waals surface area contributed by atoms with Crippen LogP contribution >= 0.6 is 0 Å². The molecule has 2 rings (SSSR count). The maximum Gasteiger partial charge on any atom is 0.185 e. The van der Waals surface area contributed by atoms with Gasteiger partial charge in [0.25, 0.3) is 0 Å². The quantitative estimate of drug-likeness (QED) is 0.882. The lowest BCUT2D eigenvalue weighted by molar-refractivity contribution is 0.515. The molecule has 2 aromatic rings. The molecule has 0 bridgehead atoms. The van der Waals surface area contributed by atoms with E-state index in [0.717, 1.165) is 24.5 Å². The molecule has 0 saturated carbocycles. The van der Waals surface area contributed by atoms with E-state index >= 15 is 0 Å². The third kappa shape index (κ3) is 2.07. The molecule has 0 saturated heterocycles. The first kappa shape index (κ1) is 11.8. The molecule has 17 heavy (non-hydrogen) atoms. The summed E-state index contributed by atoms with van der Waals surface area (Å²) in [5, 5.41) is 3.55. The summed E-state index contributed by atoms with van der Waals surface area (Å²) in [4.78, 5) is 4.15. The van der Waals surface area contributed by atoms with Gasteiger partial charge in [-0.1, -0.05) is 13.3 Å². The molecule has 4 heteroatoms. The summed E-state index contributed by atoms with van der Waals surface area (Å²) in [6.07, 6.45) is 1.84. The van der Waals surface area contributed by atoms with Gasteiger partial charge in [0, 0.05) is 12.4 Å². The fourth-order valence-corrected chi connectivity index (χ4v) is 1.90. The van der Waals surface area contributed by atoms with E-state index in [-0.39, 0.29) is 5.52 Å². The maximum absolute atomic E-state index is 13.6. The summed E-state index contributed by atoms with van der Waals surface area (Å²) >= 11 is 0. The van der Waals surface area contributed by atoms with Gasteiger partial charge in [0.05, 0.1) is 0 Å². The highest BCUT2D eigenvalue weighted by Crippen LogP contribution is 2.24. The van der Waals surface area contributed by atoms with Crippen LogP contribution in [0.1, 0.15) is 18.9 Å². The van der Waals surface area contributed by atoms with Gasteiger partial charge < -0.3 is 5.32 Å². The van der Waals surface area contributed by atoms with Crippen LogP contribution < -0.4 is 5.32 Å². The largest absolute Gasteiger partial charge is 0.373 e. The van der Waals surface area contributed by atoms with Gasteiger partial charge in [-0.2, -0.15) is 0 Å². The summed E-state index contributed by atoms with van der Waals surface area (Å²) in [7, 11) is 1.73. The normalized spacial score (nSPS) is 10.8. The second kappa shape index (κ2) is 4.65. The van der Waals surface area contributed by atoms with Crippen LogP contribution in [-0.4, -0.2) is 12.0 Å². The number of pyridine rings is 1. The van der Waals surface area contributed by atoms with Gasteiger partial charge in [0.15, 0.2) is 11.6 Å². The number of nitrogens with zero attached hydrogens (tertiary/aromatic N) is 1. The molecule has 0 atom stereocenters. The lowest BCUT2D eigenvalue weighted by atomic mass is 10.1. The molecule has 0 spiro atoms. The molecule has 1 N–H and O–H groups in total. The van der Waals surface area contributed by atoms with Gasteiger partial charge in [-0.15, -0.1) is 0 Å². The molecule has 0 aliphatic carbocycles. The van der Waals surface area contributed by atoms with E-state index < -0.39 is 11.6 Å². The zero-order valence-electron chi connectivity index (χ0n) is 9.85. The van der Waals surface area contributed by atoms with Crippen molar-refractivity contribution in [3.05, 3.63) is 35.4 Å². The Labute approximate surface area is 98.7 Å². The maximum atomic E-state index is 13.6. The van der Waals surface area contributed by atoms with Crippen LogP contribution in [0.15, 0.2) is 18.2 Å². The first-order valence-corrected chi connectivity index (χ1v) is 5.62. The van der Waals surface area contributed by atoms with E-state index in [1.54, 1.807) is 13.1 Å². The van der Waals surface area contributed by atoms with Crippen molar-refractivity contribution in [2.75, 3.05) is 12.4 Å². The van der Waals surface area contributed by atoms with Crippen LogP contribution in [-0.2, 0) is 6.42 Å². The predicted octanol–water partition coefficient (Wildman–Crippen LogP) is 3.51. The van der Waals surface area contributed by atoms with Crippen LogP contribution in [0.5, 0.6) is 0 Å². The monoisotopic (exact) mass is 236 g/mol. The fourth-order valence-electron chi connectivity index (χ4n) is 1.90. The van der Waals surface area contributed by atoms with Gasteiger partial charge in [0.1, 0.15) is 11.3 Å². The Morgan fingerprint density at radius 2 is 2.06 bits per heavy atom. The van der Waals surface area contributed by atoms with E-state index in [4.69, 9.17) is 0 Å². The Morgan fingerprint density at radius 3 is 2.71 bits per heavy atom. The first-order chi connectivity index (χ1) is 8.17. The van der Waals surface area contributed by atoms with Crippen molar-refractivity contribution in [2.45, 2.75) is 19.8 Å². The van der Waals surface area contributed by atoms with Crippen molar-refractivity contribution in [1.82, 2.24) is 4.98 Å². The van der Waals surface area contributed by atoms with Gasteiger partial charge in [-0.25, -0.2) is 13.8 Å². The van der Waals surface area contributed by atoms with Crippen LogP contribution in [0.3, 0.4) is 0 Å². The summed E-state index contributed by atoms with van der Waals surface area (Å²) in [5.41, 5.74) is 1.10. The van der Waals surface area contributed by atoms with Crippen molar-refractivity contribution in [1.29, 1.82) is 0 Å². The molecule has 0 fully saturated rings. The number of rotatable bonds is 3. The van der Waals surface area contributed by atoms with E-state index in [1.165, 1.54) is 0 Å². The molecule has 1 heterocycles. The average Bonchev–Trinajstić information content (AvgIpc) is 2.34. The molecule has 1 aromatic heterocycles. The molecule has 0 unspecified atom stereocenters. The van der Waals surface area contributed by atoms with Crippen molar-refractivity contribution in [3.63, 3.8) is 0 Å². The lowest BCUT2D eigenvalue weighted by Gasteiger charge is -2.09. The van der Waals surface area contributed by atoms with Gasteiger partial charge in [-0.3, -0.25) is 0 Å². The SMILES string of the molecule is CCCc1cc2ccc(F)c(F)c2nc1NC. The topological polar surface area (TPSA) is 24.9 Å². The van der Waals surface area contributed by atoms with E-state index in [2.05, 4.69) is 17.2 Å². The number of fused-ring (bicyclic) bond motifs is 1. The zero-order valence-corrected chi connectivity index (χ0v) is 9.85. The third-order valence-corrected chi connectivity index (χ3v) is 2.71. The number of hydrogen-bond donors (Lipinski definition) is 1. The summed E-state index contributed by atoms with van der Waals surface area (Å²) in [5.74, 6) is -1.14. The number of aromatic nitrogens is 1. The van der Waals surface area contributed by atoms with E-state index in [0.29, 0.717) is 11.2 Å². The van der Waals surface area contributed by atoms with Crippen molar-refractivity contribution in [3.8, 4) is 0 Å². The molecule has 90 valence electrons.